The van der Waals surface area contributed by atoms with Crippen molar-refractivity contribution in [2.45, 2.75) is 26.3 Å². The average molecular weight is 352 g/mol. The van der Waals surface area contributed by atoms with Gasteiger partial charge >= 0.3 is 5.97 Å². The lowest BCUT2D eigenvalue weighted by Gasteiger charge is -2.17. The van der Waals surface area contributed by atoms with Gasteiger partial charge in [0.15, 0.2) is 6.61 Å². The molecule has 0 spiro atoms. The molecule has 6 heteroatoms. The fourth-order valence-corrected chi connectivity index (χ4v) is 2.32. The SMILES string of the molecule is CC[C@@H](NC(=O)COC(=O)/C(C#N)=C/c1ccco1)c1ccc(C)cc1. The Balaban J connectivity index is 1.91. The number of aryl methyl sites for hydroxylation is 1. The monoisotopic (exact) mass is 352 g/mol. The first kappa shape index (κ1) is 19.0. The fraction of sp³-hybridized carbons (Fsp3) is 0.250. The number of carbonyl (C=O) groups excluding carboxylic acids is 2. The predicted molar refractivity (Wildman–Crippen MR) is 95.6 cm³/mol. The fourth-order valence-electron chi connectivity index (χ4n) is 2.32. The van der Waals surface area contributed by atoms with Gasteiger partial charge in [0.05, 0.1) is 12.3 Å². The van der Waals surface area contributed by atoms with Crippen molar-refractivity contribution in [3.63, 3.8) is 0 Å². The van der Waals surface area contributed by atoms with Crippen molar-refractivity contribution < 1.29 is 18.7 Å². The predicted octanol–water partition coefficient (Wildman–Crippen LogP) is 3.31. The minimum Gasteiger partial charge on any atom is -0.465 e. The van der Waals surface area contributed by atoms with Crippen LogP contribution in [0.4, 0.5) is 0 Å². The summed E-state index contributed by atoms with van der Waals surface area (Å²) in [7, 11) is 0. The maximum absolute atomic E-state index is 12.1. The summed E-state index contributed by atoms with van der Waals surface area (Å²) < 4.78 is 9.97. The maximum Gasteiger partial charge on any atom is 0.349 e. The second-order valence-electron chi connectivity index (χ2n) is 5.70. The molecular formula is C20H20N2O4. The van der Waals surface area contributed by atoms with Crippen LogP contribution < -0.4 is 5.32 Å². The number of benzene rings is 1. The van der Waals surface area contributed by atoms with E-state index < -0.39 is 18.5 Å². The van der Waals surface area contributed by atoms with Crippen molar-refractivity contribution in [1.82, 2.24) is 5.32 Å². The van der Waals surface area contributed by atoms with E-state index in [1.54, 1.807) is 18.2 Å². The van der Waals surface area contributed by atoms with Crippen LogP contribution in [0.1, 0.15) is 36.3 Å². The molecule has 2 aromatic rings. The molecule has 0 saturated heterocycles. The number of nitriles is 1. The third-order valence-electron chi connectivity index (χ3n) is 3.73. The second-order valence-corrected chi connectivity index (χ2v) is 5.70. The lowest BCUT2D eigenvalue weighted by Crippen LogP contribution is -2.32. The molecule has 0 radical (unpaired) electrons. The third kappa shape index (κ3) is 5.35. The Bertz CT molecular complexity index is 814. The standard InChI is InChI=1S/C20H20N2O4/c1-3-18(15-8-6-14(2)7-9-15)22-19(23)13-26-20(24)16(12-21)11-17-5-4-10-25-17/h4-11,18H,3,13H2,1-2H3,(H,22,23)/b16-11+/t18-/m1/s1. The second kappa shape index (κ2) is 9.23. The molecule has 0 saturated carbocycles. The Labute approximate surface area is 152 Å². The van der Waals surface area contributed by atoms with Gasteiger partial charge in [-0.1, -0.05) is 36.8 Å². The van der Waals surface area contributed by atoms with Gasteiger partial charge in [-0.3, -0.25) is 4.79 Å². The van der Waals surface area contributed by atoms with Crippen molar-refractivity contribution in [3.8, 4) is 6.07 Å². The van der Waals surface area contributed by atoms with Gasteiger partial charge in [-0.2, -0.15) is 5.26 Å². The Kier molecular flexibility index (Phi) is 6.75. The number of ether oxygens (including phenoxy) is 1. The maximum atomic E-state index is 12.1. The van der Waals surface area contributed by atoms with E-state index in [0.29, 0.717) is 12.2 Å². The molecule has 6 nitrogen and oxygen atoms in total. The quantitative estimate of drug-likeness (QED) is 0.469. The molecule has 26 heavy (non-hydrogen) atoms. The molecule has 1 aromatic carbocycles. The molecule has 1 heterocycles. The summed E-state index contributed by atoms with van der Waals surface area (Å²) in [6, 6.07) is 12.7. The highest BCUT2D eigenvalue weighted by Crippen LogP contribution is 2.17. The number of esters is 1. The van der Waals surface area contributed by atoms with Crippen LogP contribution in [0.25, 0.3) is 6.08 Å². The summed E-state index contributed by atoms with van der Waals surface area (Å²) in [6.07, 6.45) is 3.39. The normalized spacial score (nSPS) is 12.1. The van der Waals surface area contributed by atoms with Gasteiger partial charge in [0.25, 0.3) is 5.91 Å². The van der Waals surface area contributed by atoms with Crippen LogP contribution in [-0.2, 0) is 14.3 Å². The zero-order valence-corrected chi connectivity index (χ0v) is 14.7. The van der Waals surface area contributed by atoms with E-state index >= 15 is 0 Å². The van der Waals surface area contributed by atoms with Crippen LogP contribution in [0.5, 0.6) is 0 Å². The molecule has 2 rings (SSSR count). The zero-order chi connectivity index (χ0) is 18.9. The number of rotatable bonds is 7. The van der Waals surface area contributed by atoms with Crippen LogP contribution in [0.3, 0.4) is 0 Å². The van der Waals surface area contributed by atoms with Crippen molar-refractivity contribution >= 4 is 18.0 Å². The molecule has 0 aliphatic carbocycles. The van der Waals surface area contributed by atoms with Crippen LogP contribution in [0.2, 0.25) is 0 Å². The Morgan fingerprint density at radius 3 is 2.62 bits per heavy atom. The van der Waals surface area contributed by atoms with E-state index in [4.69, 9.17) is 14.4 Å². The molecule has 0 unspecified atom stereocenters. The summed E-state index contributed by atoms with van der Waals surface area (Å²) in [4.78, 5) is 24.0. The molecule has 1 amide bonds. The molecule has 134 valence electrons. The van der Waals surface area contributed by atoms with Crippen LogP contribution in [-0.4, -0.2) is 18.5 Å². The van der Waals surface area contributed by atoms with E-state index in [0.717, 1.165) is 11.1 Å². The molecule has 0 bridgehead atoms. The van der Waals surface area contributed by atoms with Gasteiger partial charge in [0, 0.05) is 6.08 Å². The molecule has 1 aromatic heterocycles. The summed E-state index contributed by atoms with van der Waals surface area (Å²) in [5.74, 6) is -0.947. The molecule has 1 N–H and O–H groups in total. The van der Waals surface area contributed by atoms with Gasteiger partial charge in [0.1, 0.15) is 17.4 Å². The molecular weight excluding hydrogens is 332 g/mol. The number of furan rings is 1. The van der Waals surface area contributed by atoms with E-state index in [2.05, 4.69) is 5.32 Å². The minimum atomic E-state index is -0.873. The van der Waals surface area contributed by atoms with Crippen LogP contribution in [0, 0.1) is 18.3 Å². The van der Waals surface area contributed by atoms with Crippen molar-refractivity contribution in [1.29, 1.82) is 5.26 Å². The number of nitrogens with zero attached hydrogens (tertiary/aromatic N) is 1. The number of carbonyl (C=O) groups is 2. The molecule has 1 atom stereocenters. The number of hydrogen-bond acceptors (Lipinski definition) is 5. The van der Waals surface area contributed by atoms with E-state index in [-0.39, 0.29) is 11.6 Å². The van der Waals surface area contributed by atoms with Crippen LogP contribution in [0.15, 0.2) is 52.7 Å². The van der Waals surface area contributed by atoms with Gasteiger partial charge in [0.2, 0.25) is 0 Å². The molecule has 0 fully saturated rings. The van der Waals surface area contributed by atoms with Crippen LogP contribution >= 0.6 is 0 Å². The summed E-state index contributed by atoms with van der Waals surface area (Å²) in [5, 5.41) is 11.9. The smallest absolute Gasteiger partial charge is 0.349 e. The first-order valence-corrected chi connectivity index (χ1v) is 8.21. The average Bonchev–Trinajstić information content (AvgIpc) is 3.16. The lowest BCUT2D eigenvalue weighted by atomic mass is 10.0. The highest BCUT2D eigenvalue weighted by molar-refractivity contribution is 5.98. The Hall–Kier alpha value is -3.33. The first-order valence-electron chi connectivity index (χ1n) is 8.21. The summed E-state index contributed by atoms with van der Waals surface area (Å²) >= 11 is 0. The van der Waals surface area contributed by atoms with Gasteiger partial charge < -0.3 is 14.5 Å². The van der Waals surface area contributed by atoms with E-state index in [1.807, 2.05) is 38.1 Å². The van der Waals surface area contributed by atoms with Crippen molar-refractivity contribution in [2.75, 3.05) is 6.61 Å². The zero-order valence-electron chi connectivity index (χ0n) is 14.7. The number of hydrogen-bond donors (Lipinski definition) is 1. The summed E-state index contributed by atoms with van der Waals surface area (Å²) in [6.45, 7) is 3.49. The Morgan fingerprint density at radius 2 is 2.04 bits per heavy atom. The lowest BCUT2D eigenvalue weighted by molar-refractivity contribution is -0.144. The highest BCUT2D eigenvalue weighted by Gasteiger charge is 2.16. The number of nitrogens with one attached hydrogen (secondary N) is 1. The molecule has 0 aliphatic heterocycles. The van der Waals surface area contributed by atoms with E-state index in [9.17, 15) is 9.59 Å². The Morgan fingerprint density at radius 1 is 1.31 bits per heavy atom. The van der Waals surface area contributed by atoms with Gasteiger partial charge in [-0.25, -0.2) is 4.79 Å². The first-order chi connectivity index (χ1) is 12.5. The van der Waals surface area contributed by atoms with Gasteiger partial charge in [-0.15, -0.1) is 0 Å². The molecule has 0 aliphatic rings. The number of amides is 1. The van der Waals surface area contributed by atoms with Gasteiger partial charge in [-0.05, 0) is 31.0 Å². The summed E-state index contributed by atoms with van der Waals surface area (Å²) in [5.41, 5.74) is 1.88. The van der Waals surface area contributed by atoms with Crippen molar-refractivity contribution in [2.24, 2.45) is 0 Å². The van der Waals surface area contributed by atoms with Crippen molar-refractivity contribution in [3.05, 3.63) is 65.1 Å². The topological polar surface area (TPSA) is 92.3 Å². The third-order valence-corrected chi connectivity index (χ3v) is 3.73. The largest absolute Gasteiger partial charge is 0.465 e. The minimum absolute atomic E-state index is 0.170. The highest BCUT2D eigenvalue weighted by atomic mass is 16.5. The van der Waals surface area contributed by atoms with E-state index in [1.165, 1.54) is 12.3 Å².